The maximum atomic E-state index is 16.0. The molecule has 2 aromatic carbocycles. The van der Waals surface area contributed by atoms with Gasteiger partial charge >= 0.3 is 0 Å². The molecule has 3 nitrogen and oxygen atoms in total. The van der Waals surface area contributed by atoms with Gasteiger partial charge in [-0.1, -0.05) is 56.0 Å². The molecule has 0 amide bonds. The van der Waals surface area contributed by atoms with Crippen molar-refractivity contribution < 1.29 is 4.39 Å². The molecule has 1 aliphatic carbocycles. The number of nitrogens with two attached hydrogens (primary N) is 1. The van der Waals surface area contributed by atoms with Crippen molar-refractivity contribution >= 4 is 17.5 Å². The van der Waals surface area contributed by atoms with Crippen LogP contribution in [0.4, 0.5) is 4.39 Å². The molecule has 1 fully saturated rings. The number of hydrogen-bond donors (Lipinski definition) is 1. The molecule has 170 valence electrons. The molecule has 2 N–H and O–H groups in total. The van der Waals surface area contributed by atoms with E-state index < -0.39 is 0 Å². The first-order chi connectivity index (χ1) is 15.9. The minimum absolute atomic E-state index is 0.274. The van der Waals surface area contributed by atoms with Gasteiger partial charge in [0.05, 0.1) is 5.71 Å². The van der Waals surface area contributed by atoms with E-state index in [9.17, 15) is 0 Å². The second-order valence-corrected chi connectivity index (χ2v) is 8.31. The standard InChI is InChI=1S/C29H32FN3/c1-5-28(33-19-21(4)31)26-16-15-25(23-13-10-14-23)27(29(26)30)18-24(32-6-2)17-20(3)22-11-8-7-9-12-22/h5-9,11-12,15-17,19,23H,1,3,10,13-14,18,31H2,2,4H3/b21-19+,24-17-,32-6-,33-28+. The van der Waals surface area contributed by atoms with Crippen LogP contribution in [0.15, 0.2) is 95.4 Å². The summed E-state index contributed by atoms with van der Waals surface area (Å²) in [6.07, 6.45) is 10.5. The van der Waals surface area contributed by atoms with Crippen LogP contribution < -0.4 is 5.73 Å². The maximum Gasteiger partial charge on any atom is 0.136 e. The summed E-state index contributed by atoms with van der Waals surface area (Å²) in [5.41, 5.74) is 11.5. The Bertz CT molecular complexity index is 1130. The number of nitrogens with zero attached hydrogens (tertiary/aromatic N) is 2. The van der Waals surface area contributed by atoms with Crippen LogP contribution in [-0.4, -0.2) is 11.9 Å². The van der Waals surface area contributed by atoms with Gasteiger partial charge in [-0.25, -0.2) is 4.39 Å². The van der Waals surface area contributed by atoms with E-state index >= 15 is 4.39 Å². The normalized spacial score (nSPS) is 15.5. The van der Waals surface area contributed by atoms with Gasteiger partial charge in [0, 0.05) is 35.8 Å². The zero-order valence-corrected chi connectivity index (χ0v) is 19.5. The second kappa shape index (κ2) is 11.4. The molecule has 0 aliphatic heterocycles. The van der Waals surface area contributed by atoms with E-state index in [1.807, 2.05) is 55.5 Å². The topological polar surface area (TPSA) is 50.7 Å². The van der Waals surface area contributed by atoms with Crippen molar-refractivity contribution in [1.82, 2.24) is 0 Å². The molecule has 33 heavy (non-hydrogen) atoms. The highest BCUT2D eigenvalue weighted by atomic mass is 19.1. The van der Waals surface area contributed by atoms with E-state index in [1.165, 1.54) is 12.6 Å². The van der Waals surface area contributed by atoms with Gasteiger partial charge < -0.3 is 5.73 Å². The molecule has 2 aromatic rings. The summed E-state index contributed by atoms with van der Waals surface area (Å²) in [5.74, 6) is 0.103. The molecule has 0 saturated heterocycles. The van der Waals surface area contributed by atoms with Crippen molar-refractivity contribution in [3.63, 3.8) is 0 Å². The molecular weight excluding hydrogens is 409 g/mol. The molecule has 4 heteroatoms. The van der Waals surface area contributed by atoms with Crippen molar-refractivity contribution in [3.05, 3.63) is 113 Å². The summed E-state index contributed by atoms with van der Waals surface area (Å²) in [6.45, 7) is 11.6. The van der Waals surface area contributed by atoms with Gasteiger partial charge in [0.2, 0.25) is 0 Å². The lowest BCUT2D eigenvalue weighted by molar-refractivity contribution is 0.415. The summed E-state index contributed by atoms with van der Waals surface area (Å²) >= 11 is 0. The highest BCUT2D eigenvalue weighted by Gasteiger charge is 2.26. The minimum Gasteiger partial charge on any atom is -0.401 e. The summed E-state index contributed by atoms with van der Waals surface area (Å²) in [5, 5.41) is 0. The third kappa shape index (κ3) is 6.04. The molecule has 0 atom stereocenters. The number of halogens is 1. The number of aliphatic imine (C=N–C) groups is 2. The Labute approximate surface area is 196 Å². The molecule has 0 radical (unpaired) electrons. The Morgan fingerprint density at radius 1 is 1.18 bits per heavy atom. The minimum atomic E-state index is -0.274. The number of hydrogen-bond acceptors (Lipinski definition) is 3. The van der Waals surface area contributed by atoms with Gasteiger partial charge in [-0.3, -0.25) is 9.98 Å². The smallest absolute Gasteiger partial charge is 0.136 e. The van der Waals surface area contributed by atoms with E-state index in [0.29, 0.717) is 34.9 Å². The molecule has 0 aromatic heterocycles. The molecule has 0 unspecified atom stereocenters. The predicted octanol–water partition coefficient (Wildman–Crippen LogP) is 7.12. The van der Waals surface area contributed by atoms with Crippen LogP contribution >= 0.6 is 0 Å². The third-order valence-electron chi connectivity index (χ3n) is 5.84. The van der Waals surface area contributed by atoms with Crippen molar-refractivity contribution in [2.75, 3.05) is 0 Å². The Balaban J connectivity index is 2.07. The molecule has 1 saturated carbocycles. The van der Waals surface area contributed by atoms with Gasteiger partial charge in [-0.15, -0.1) is 0 Å². The average molecular weight is 442 g/mol. The molecular formula is C29H32FN3. The zero-order chi connectivity index (χ0) is 23.8. The van der Waals surface area contributed by atoms with Gasteiger partial charge in [0.15, 0.2) is 0 Å². The Kier molecular flexibility index (Phi) is 8.31. The number of benzene rings is 2. The summed E-state index contributed by atoms with van der Waals surface area (Å²) in [6, 6.07) is 13.8. The van der Waals surface area contributed by atoms with Crippen LogP contribution in [0.25, 0.3) is 5.57 Å². The lowest BCUT2D eigenvalue weighted by Gasteiger charge is -2.29. The van der Waals surface area contributed by atoms with Crippen LogP contribution in [0.5, 0.6) is 0 Å². The summed E-state index contributed by atoms with van der Waals surface area (Å²) in [4.78, 5) is 8.90. The van der Waals surface area contributed by atoms with Crippen molar-refractivity contribution in [2.45, 2.75) is 45.4 Å². The van der Waals surface area contributed by atoms with E-state index in [-0.39, 0.29) is 5.82 Å². The van der Waals surface area contributed by atoms with Crippen LogP contribution in [0.3, 0.4) is 0 Å². The first-order valence-electron chi connectivity index (χ1n) is 11.3. The van der Waals surface area contributed by atoms with Crippen LogP contribution in [0, 0.1) is 5.82 Å². The van der Waals surface area contributed by atoms with Gasteiger partial charge in [0.1, 0.15) is 5.82 Å². The third-order valence-corrected chi connectivity index (χ3v) is 5.84. The summed E-state index contributed by atoms with van der Waals surface area (Å²) in [7, 11) is 0. The van der Waals surface area contributed by atoms with Crippen LogP contribution in [0.1, 0.15) is 61.3 Å². The SMILES string of the molecule is C=C/C(=N\C=C(/C)N)c1ccc(C2CCC2)c(CC(=C/C(=C)c2ccccc2)/N=C\C)c1F. The highest BCUT2D eigenvalue weighted by Crippen LogP contribution is 2.40. The fourth-order valence-electron chi connectivity index (χ4n) is 3.94. The van der Waals surface area contributed by atoms with Crippen molar-refractivity contribution in [1.29, 1.82) is 0 Å². The number of allylic oxidation sites excluding steroid dienone is 5. The van der Waals surface area contributed by atoms with E-state index in [2.05, 4.69) is 23.1 Å². The maximum absolute atomic E-state index is 16.0. The molecule has 1 aliphatic rings. The molecule has 0 bridgehead atoms. The molecule has 0 spiro atoms. The van der Waals surface area contributed by atoms with Crippen LogP contribution in [-0.2, 0) is 6.42 Å². The Morgan fingerprint density at radius 2 is 1.91 bits per heavy atom. The fourth-order valence-corrected chi connectivity index (χ4v) is 3.94. The Hall–Kier alpha value is -3.53. The summed E-state index contributed by atoms with van der Waals surface area (Å²) < 4.78 is 16.0. The Morgan fingerprint density at radius 3 is 2.48 bits per heavy atom. The predicted molar refractivity (Wildman–Crippen MR) is 139 cm³/mol. The van der Waals surface area contributed by atoms with E-state index in [0.717, 1.165) is 35.2 Å². The lowest BCUT2D eigenvalue weighted by Crippen LogP contribution is -2.15. The van der Waals surface area contributed by atoms with E-state index in [1.54, 1.807) is 19.2 Å². The van der Waals surface area contributed by atoms with Crippen molar-refractivity contribution in [2.24, 2.45) is 15.7 Å². The van der Waals surface area contributed by atoms with Gasteiger partial charge in [-0.05, 0) is 73.1 Å². The van der Waals surface area contributed by atoms with Crippen molar-refractivity contribution in [3.8, 4) is 0 Å². The van der Waals surface area contributed by atoms with Gasteiger partial charge in [-0.2, -0.15) is 0 Å². The monoisotopic (exact) mass is 441 g/mol. The van der Waals surface area contributed by atoms with Gasteiger partial charge in [0.25, 0.3) is 0 Å². The largest absolute Gasteiger partial charge is 0.401 e. The lowest BCUT2D eigenvalue weighted by atomic mass is 9.77. The van der Waals surface area contributed by atoms with Crippen LogP contribution in [0.2, 0.25) is 0 Å². The first kappa shape index (κ1) is 24.1. The highest BCUT2D eigenvalue weighted by molar-refractivity contribution is 6.09. The quantitative estimate of drug-likeness (QED) is 0.327. The number of rotatable bonds is 9. The van der Waals surface area contributed by atoms with E-state index in [4.69, 9.17) is 5.73 Å². The molecule has 0 heterocycles. The fraction of sp³-hybridized carbons (Fsp3) is 0.241. The second-order valence-electron chi connectivity index (χ2n) is 8.31. The molecule has 3 rings (SSSR count). The first-order valence-corrected chi connectivity index (χ1v) is 11.3. The zero-order valence-electron chi connectivity index (χ0n) is 19.5. The average Bonchev–Trinajstić information content (AvgIpc) is 2.77.